The summed E-state index contributed by atoms with van der Waals surface area (Å²) in [5.74, 6) is 0. The zero-order valence-electron chi connectivity index (χ0n) is 12.2. The van der Waals surface area contributed by atoms with E-state index in [1.54, 1.807) is 0 Å². The van der Waals surface area contributed by atoms with Gasteiger partial charge in [0.05, 0.1) is 26.4 Å². The summed E-state index contributed by atoms with van der Waals surface area (Å²) in [6, 6.07) is 0. The molecule has 0 saturated carbocycles. The predicted octanol–water partition coefficient (Wildman–Crippen LogP) is 2.22. The summed E-state index contributed by atoms with van der Waals surface area (Å²) in [4.78, 5) is 0. The quantitative estimate of drug-likeness (QED) is 0.670. The second-order valence-electron chi connectivity index (χ2n) is 4.91. The SMILES string of the molecule is SC1CCOCCOCCC(S)CCOCCOCC1. The summed E-state index contributed by atoms with van der Waals surface area (Å²) >= 11 is 9.04. The topological polar surface area (TPSA) is 36.9 Å². The van der Waals surface area contributed by atoms with Gasteiger partial charge in [0.1, 0.15) is 0 Å². The monoisotopic (exact) mass is 324 g/mol. The van der Waals surface area contributed by atoms with Gasteiger partial charge < -0.3 is 18.9 Å². The van der Waals surface area contributed by atoms with Gasteiger partial charge in [0.2, 0.25) is 0 Å². The van der Waals surface area contributed by atoms with Crippen LogP contribution in [0.25, 0.3) is 0 Å². The summed E-state index contributed by atoms with van der Waals surface area (Å²) in [5.41, 5.74) is 0. The van der Waals surface area contributed by atoms with Crippen molar-refractivity contribution >= 4 is 25.3 Å². The van der Waals surface area contributed by atoms with Crippen molar-refractivity contribution in [1.82, 2.24) is 0 Å². The molecule has 0 atom stereocenters. The molecule has 120 valence electrons. The van der Waals surface area contributed by atoms with Crippen molar-refractivity contribution in [2.45, 2.75) is 36.2 Å². The Morgan fingerprint density at radius 1 is 0.450 bits per heavy atom. The lowest BCUT2D eigenvalue weighted by atomic mass is 10.2. The summed E-state index contributed by atoms with van der Waals surface area (Å²) < 4.78 is 22.1. The van der Waals surface area contributed by atoms with Gasteiger partial charge in [-0.15, -0.1) is 0 Å². The summed E-state index contributed by atoms with van der Waals surface area (Å²) in [6.07, 6.45) is 3.78. The van der Waals surface area contributed by atoms with Crippen molar-refractivity contribution in [2.24, 2.45) is 0 Å². The standard InChI is InChI=1S/C14H28O4S2/c19-13-1-5-15-9-10-17-7-3-14(20)4-8-18-12-11-16-6-2-13/h13-14,19-20H,1-12H2. The Labute approximate surface area is 133 Å². The third-order valence-corrected chi connectivity index (χ3v) is 4.16. The van der Waals surface area contributed by atoms with Crippen LogP contribution in [0.15, 0.2) is 0 Å². The maximum Gasteiger partial charge on any atom is 0.0700 e. The molecular formula is C14H28O4S2. The number of rotatable bonds is 0. The number of ether oxygens (including phenoxy) is 4. The highest BCUT2D eigenvalue weighted by Crippen LogP contribution is 2.08. The van der Waals surface area contributed by atoms with E-state index in [0.717, 1.165) is 52.1 Å². The lowest BCUT2D eigenvalue weighted by molar-refractivity contribution is 0.0342. The molecule has 1 saturated heterocycles. The summed E-state index contributed by atoms with van der Waals surface area (Å²) in [5, 5.41) is 0.668. The molecule has 1 heterocycles. The smallest absolute Gasteiger partial charge is 0.0700 e. The molecule has 0 spiro atoms. The molecule has 0 aromatic heterocycles. The fourth-order valence-corrected chi connectivity index (χ4v) is 2.23. The van der Waals surface area contributed by atoms with Gasteiger partial charge in [-0.2, -0.15) is 25.3 Å². The third kappa shape index (κ3) is 11.2. The maximum absolute atomic E-state index is 5.52. The van der Waals surface area contributed by atoms with Crippen LogP contribution in [0.4, 0.5) is 0 Å². The van der Waals surface area contributed by atoms with Crippen molar-refractivity contribution in [2.75, 3.05) is 52.9 Å². The van der Waals surface area contributed by atoms with Gasteiger partial charge in [0.15, 0.2) is 0 Å². The van der Waals surface area contributed by atoms with Gasteiger partial charge in [0.25, 0.3) is 0 Å². The van der Waals surface area contributed by atoms with Crippen molar-refractivity contribution < 1.29 is 18.9 Å². The minimum atomic E-state index is 0.334. The molecule has 0 unspecified atom stereocenters. The Morgan fingerprint density at radius 3 is 0.950 bits per heavy atom. The van der Waals surface area contributed by atoms with E-state index in [9.17, 15) is 0 Å². The molecule has 1 rings (SSSR count). The van der Waals surface area contributed by atoms with E-state index in [0.29, 0.717) is 36.9 Å². The third-order valence-electron chi connectivity index (χ3n) is 3.13. The highest BCUT2D eigenvalue weighted by Gasteiger charge is 2.05. The lowest BCUT2D eigenvalue weighted by Crippen LogP contribution is -2.15. The van der Waals surface area contributed by atoms with E-state index < -0.39 is 0 Å². The van der Waals surface area contributed by atoms with Gasteiger partial charge in [0, 0.05) is 36.9 Å². The van der Waals surface area contributed by atoms with Gasteiger partial charge in [-0.3, -0.25) is 0 Å². The van der Waals surface area contributed by atoms with Crippen molar-refractivity contribution in [3.8, 4) is 0 Å². The van der Waals surface area contributed by atoms with E-state index in [1.165, 1.54) is 0 Å². The highest BCUT2D eigenvalue weighted by atomic mass is 32.1. The Kier molecular flexibility index (Phi) is 12.3. The fourth-order valence-electron chi connectivity index (χ4n) is 1.81. The van der Waals surface area contributed by atoms with Crippen LogP contribution < -0.4 is 0 Å². The second-order valence-corrected chi connectivity index (χ2v) is 6.37. The first-order valence-electron chi connectivity index (χ1n) is 7.46. The number of hydrogen-bond acceptors (Lipinski definition) is 6. The molecule has 6 heteroatoms. The van der Waals surface area contributed by atoms with Gasteiger partial charge >= 0.3 is 0 Å². The lowest BCUT2D eigenvalue weighted by Gasteiger charge is -2.14. The van der Waals surface area contributed by atoms with Crippen LogP contribution in [-0.4, -0.2) is 63.4 Å². The second kappa shape index (κ2) is 13.2. The molecule has 0 amide bonds. The van der Waals surface area contributed by atoms with Crippen LogP contribution in [0.5, 0.6) is 0 Å². The van der Waals surface area contributed by atoms with Crippen molar-refractivity contribution in [3.05, 3.63) is 0 Å². The van der Waals surface area contributed by atoms with Gasteiger partial charge in [-0.05, 0) is 25.7 Å². The van der Waals surface area contributed by atoms with Crippen molar-refractivity contribution in [3.63, 3.8) is 0 Å². The van der Waals surface area contributed by atoms with E-state index in [1.807, 2.05) is 0 Å². The molecule has 0 aromatic rings. The van der Waals surface area contributed by atoms with E-state index >= 15 is 0 Å². The zero-order valence-corrected chi connectivity index (χ0v) is 14.0. The predicted molar refractivity (Wildman–Crippen MR) is 87.3 cm³/mol. The van der Waals surface area contributed by atoms with Gasteiger partial charge in [-0.25, -0.2) is 0 Å². The number of thiol groups is 2. The first kappa shape index (κ1) is 18.6. The Morgan fingerprint density at radius 2 is 0.700 bits per heavy atom. The van der Waals surface area contributed by atoms with Crippen LogP contribution in [-0.2, 0) is 18.9 Å². The molecule has 20 heavy (non-hydrogen) atoms. The summed E-state index contributed by atoms with van der Waals surface area (Å²) in [6.45, 7) is 5.53. The molecule has 0 bridgehead atoms. The van der Waals surface area contributed by atoms with E-state index in [2.05, 4.69) is 25.3 Å². The van der Waals surface area contributed by atoms with Crippen molar-refractivity contribution in [1.29, 1.82) is 0 Å². The van der Waals surface area contributed by atoms with Crippen LogP contribution in [0.3, 0.4) is 0 Å². The fraction of sp³-hybridized carbons (Fsp3) is 1.00. The molecular weight excluding hydrogens is 296 g/mol. The molecule has 0 aromatic carbocycles. The van der Waals surface area contributed by atoms with Crippen LogP contribution in [0, 0.1) is 0 Å². The average molecular weight is 325 g/mol. The summed E-state index contributed by atoms with van der Waals surface area (Å²) in [7, 11) is 0. The Bertz CT molecular complexity index is 177. The van der Waals surface area contributed by atoms with Crippen LogP contribution in [0.2, 0.25) is 0 Å². The first-order chi connectivity index (χ1) is 9.79. The molecule has 4 nitrogen and oxygen atoms in total. The average Bonchev–Trinajstić information content (AvgIpc) is 2.43. The highest BCUT2D eigenvalue weighted by molar-refractivity contribution is 7.81. The molecule has 1 aliphatic rings. The van der Waals surface area contributed by atoms with Gasteiger partial charge in [-0.1, -0.05) is 0 Å². The zero-order chi connectivity index (χ0) is 14.5. The van der Waals surface area contributed by atoms with E-state index in [4.69, 9.17) is 18.9 Å². The Hall–Kier alpha value is 0.540. The molecule has 0 N–H and O–H groups in total. The minimum Gasteiger partial charge on any atom is -0.379 e. The van der Waals surface area contributed by atoms with Crippen LogP contribution >= 0.6 is 25.3 Å². The Balaban J connectivity index is 2.16. The number of hydrogen-bond donors (Lipinski definition) is 2. The first-order valence-corrected chi connectivity index (χ1v) is 8.49. The molecule has 1 fully saturated rings. The minimum absolute atomic E-state index is 0.334. The van der Waals surface area contributed by atoms with Crippen LogP contribution in [0.1, 0.15) is 25.7 Å². The maximum atomic E-state index is 5.52. The largest absolute Gasteiger partial charge is 0.379 e. The normalized spacial score (nSPS) is 30.3. The molecule has 1 aliphatic heterocycles. The van der Waals surface area contributed by atoms with E-state index in [-0.39, 0.29) is 0 Å². The molecule has 0 aliphatic carbocycles. The molecule has 0 radical (unpaired) electrons.